The smallest absolute Gasteiger partial charge is 0.326 e. The van der Waals surface area contributed by atoms with Gasteiger partial charge >= 0.3 is 5.97 Å². The van der Waals surface area contributed by atoms with Crippen LogP contribution in [0, 0.1) is 22.7 Å². The molecule has 15 heavy (non-hydrogen) atoms. The Morgan fingerprint density at radius 3 is 2.93 bits per heavy atom. The predicted molar refractivity (Wildman–Crippen MR) is 56.8 cm³/mol. The minimum absolute atomic E-state index is 0.00435. The lowest BCUT2D eigenvalue weighted by Gasteiger charge is -2.28. The summed E-state index contributed by atoms with van der Waals surface area (Å²) in [4.78, 5) is 11.7. The molecule has 0 aromatic heterocycles. The quantitative estimate of drug-likeness (QED) is 0.527. The summed E-state index contributed by atoms with van der Waals surface area (Å²) >= 11 is 0. The van der Waals surface area contributed by atoms with Crippen LogP contribution in [0.5, 0.6) is 0 Å². The molecule has 0 saturated heterocycles. The van der Waals surface area contributed by atoms with Crippen molar-refractivity contribution in [2.45, 2.75) is 33.1 Å². The average Bonchev–Trinajstić information content (AvgIpc) is 2.29. The SMILES string of the molecule is CCOC(=O)C(C)(C#N)C1C=CCCC1. The second-order valence-corrected chi connectivity index (χ2v) is 4.00. The van der Waals surface area contributed by atoms with Gasteiger partial charge in [0.15, 0.2) is 5.41 Å². The number of hydrogen-bond donors (Lipinski definition) is 0. The lowest BCUT2D eigenvalue weighted by Crippen LogP contribution is -2.36. The van der Waals surface area contributed by atoms with Gasteiger partial charge in [0.25, 0.3) is 0 Å². The Labute approximate surface area is 90.7 Å². The van der Waals surface area contributed by atoms with Gasteiger partial charge in [0.05, 0.1) is 12.7 Å². The molecule has 0 aliphatic heterocycles. The van der Waals surface area contributed by atoms with Gasteiger partial charge in [-0.05, 0) is 33.1 Å². The molecule has 3 nitrogen and oxygen atoms in total. The van der Waals surface area contributed by atoms with Crippen LogP contribution in [0.2, 0.25) is 0 Å². The Balaban J connectivity index is 2.84. The number of carbonyl (C=O) groups is 1. The number of rotatable bonds is 3. The van der Waals surface area contributed by atoms with Crippen LogP contribution in [0.4, 0.5) is 0 Å². The summed E-state index contributed by atoms with van der Waals surface area (Å²) in [5.74, 6) is -0.403. The van der Waals surface area contributed by atoms with Crippen molar-refractivity contribution >= 4 is 5.97 Å². The first kappa shape index (κ1) is 11.8. The van der Waals surface area contributed by atoms with Crippen LogP contribution >= 0.6 is 0 Å². The largest absolute Gasteiger partial charge is 0.465 e. The fraction of sp³-hybridized carbons (Fsp3) is 0.667. The molecule has 1 aliphatic rings. The normalized spacial score (nSPS) is 23.9. The molecular weight excluding hydrogens is 190 g/mol. The topological polar surface area (TPSA) is 50.1 Å². The van der Waals surface area contributed by atoms with Crippen molar-refractivity contribution < 1.29 is 9.53 Å². The molecule has 2 atom stereocenters. The minimum Gasteiger partial charge on any atom is -0.465 e. The van der Waals surface area contributed by atoms with Gasteiger partial charge in [0, 0.05) is 5.92 Å². The summed E-state index contributed by atoms with van der Waals surface area (Å²) < 4.78 is 4.96. The molecule has 1 aliphatic carbocycles. The molecule has 0 N–H and O–H groups in total. The summed E-state index contributed by atoms with van der Waals surface area (Å²) in [5, 5.41) is 9.15. The number of nitrogens with zero attached hydrogens (tertiary/aromatic N) is 1. The molecule has 0 bridgehead atoms. The summed E-state index contributed by atoms with van der Waals surface area (Å²) in [6.07, 6.45) is 6.99. The van der Waals surface area contributed by atoms with Crippen LogP contribution in [0.1, 0.15) is 33.1 Å². The Morgan fingerprint density at radius 1 is 1.73 bits per heavy atom. The summed E-state index contributed by atoms with van der Waals surface area (Å²) in [6.45, 7) is 3.75. The highest BCUT2D eigenvalue weighted by molar-refractivity contribution is 5.80. The zero-order valence-electron chi connectivity index (χ0n) is 9.32. The molecule has 0 spiro atoms. The van der Waals surface area contributed by atoms with Gasteiger partial charge in [-0.3, -0.25) is 4.79 Å². The van der Waals surface area contributed by atoms with E-state index in [1.807, 2.05) is 12.2 Å². The van der Waals surface area contributed by atoms with E-state index in [0.29, 0.717) is 6.61 Å². The molecule has 82 valence electrons. The van der Waals surface area contributed by atoms with Crippen molar-refractivity contribution in [1.82, 2.24) is 0 Å². The van der Waals surface area contributed by atoms with E-state index in [1.54, 1.807) is 13.8 Å². The monoisotopic (exact) mass is 207 g/mol. The van der Waals surface area contributed by atoms with E-state index in [-0.39, 0.29) is 5.92 Å². The van der Waals surface area contributed by atoms with Crippen molar-refractivity contribution in [3.8, 4) is 6.07 Å². The standard InChI is InChI=1S/C12H17NO2/c1-3-15-11(14)12(2,9-13)10-7-5-4-6-8-10/h5,7,10H,3-4,6,8H2,1-2H3. The highest BCUT2D eigenvalue weighted by Gasteiger charge is 2.42. The second-order valence-electron chi connectivity index (χ2n) is 4.00. The van der Waals surface area contributed by atoms with Crippen LogP contribution in [-0.2, 0) is 9.53 Å². The van der Waals surface area contributed by atoms with Crippen LogP contribution in [0.25, 0.3) is 0 Å². The fourth-order valence-corrected chi connectivity index (χ4v) is 1.85. The molecule has 0 fully saturated rings. The van der Waals surface area contributed by atoms with Crippen LogP contribution < -0.4 is 0 Å². The third-order valence-electron chi connectivity index (χ3n) is 2.93. The molecule has 1 rings (SSSR count). The minimum atomic E-state index is -1.02. The third-order valence-corrected chi connectivity index (χ3v) is 2.93. The number of hydrogen-bond acceptors (Lipinski definition) is 3. The Morgan fingerprint density at radius 2 is 2.47 bits per heavy atom. The zero-order chi connectivity index (χ0) is 11.3. The fourth-order valence-electron chi connectivity index (χ4n) is 1.85. The summed E-state index contributed by atoms with van der Waals surface area (Å²) in [5.41, 5.74) is -1.02. The molecule has 0 radical (unpaired) electrons. The number of allylic oxidation sites excluding steroid dienone is 2. The first-order valence-electron chi connectivity index (χ1n) is 5.40. The van der Waals surface area contributed by atoms with Crippen LogP contribution in [0.3, 0.4) is 0 Å². The number of carbonyl (C=O) groups excluding carboxylic acids is 1. The third kappa shape index (κ3) is 2.38. The molecule has 2 unspecified atom stereocenters. The predicted octanol–water partition coefficient (Wildman–Crippen LogP) is 2.44. The number of nitriles is 1. The Kier molecular flexibility index (Phi) is 3.90. The summed E-state index contributed by atoms with van der Waals surface area (Å²) in [7, 11) is 0. The van der Waals surface area contributed by atoms with Gasteiger partial charge in [-0.2, -0.15) is 5.26 Å². The number of ether oxygens (including phenoxy) is 1. The van der Waals surface area contributed by atoms with Gasteiger partial charge in [-0.1, -0.05) is 12.2 Å². The van der Waals surface area contributed by atoms with Gasteiger partial charge in [0.1, 0.15) is 0 Å². The van der Waals surface area contributed by atoms with Crippen molar-refractivity contribution in [2.24, 2.45) is 11.3 Å². The van der Waals surface area contributed by atoms with E-state index in [0.717, 1.165) is 19.3 Å². The van der Waals surface area contributed by atoms with Crippen LogP contribution in [0.15, 0.2) is 12.2 Å². The van der Waals surface area contributed by atoms with Gasteiger partial charge in [-0.25, -0.2) is 0 Å². The van der Waals surface area contributed by atoms with E-state index in [9.17, 15) is 4.79 Å². The van der Waals surface area contributed by atoms with Crippen molar-refractivity contribution in [1.29, 1.82) is 5.26 Å². The second kappa shape index (κ2) is 4.97. The summed E-state index contributed by atoms with van der Waals surface area (Å²) in [6, 6.07) is 2.11. The zero-order valence-corrected chi connectivity index (χ0v) is 9.32. The van der Waals surface area contributed by atoms with E-state index < -0.39 is 11.4 Å². The number of esters is 1. The van der Waals surface area contributed by atoms with Crippen molar-refractivity contribution in [3.63, 3.8) is 0 Å². The highest BCUT2D eigenvalue weighted by Crippen LogP contribution is 2.35. The van der Waals surface area contributed by atoms with Gasteiger partial charge in [0.2, 0.25) is 0 Å². The van der Waals surface area contributed by atoms with Crippen molar-refractivity contribution in [3.05, 3.63) is 12.2 Å². The molecule has 3 heteroatoms. The maximum atomic E-state index is 11.7. The first-order valence-corrected chi connectivity index (χ1v) is 5.40. The maximum Gasteiger partial charge on any atom is 0.326 e. The molecule has 0 saturated carbocycles. The lowest BCUT2D eigenvalue weighted by atomic mass is 9.74. The van der Waals surface area contributed by atoms with E-state index >= 15 is 0 Å². The highest BCUT2D eigenvalue weighted by atomic mass is 16.5. The molecule has 0 aromatic rings. The van der Waals surface area contributed by atoms with E-state index in [1.165, 1.54) is 0 Å². The Hall–Kier alpha value is -1.30. The molecule has 0 amide bonds. The molecule has 0 heterocycles. The van der Waals surface area contributed by atoms with E-state index in [2.05, 4.69) is 6.07 Å². The maximum absolute atomic E-state index is 11.7. The average molecular weight is 207 g/mol. The van der Waals surface area contributed by atoms with Crippen molar-refractivity contribution in [2.75, 3.05) is 6.61 Å². The van der Waals surface area contributed by atoms with Crippen LogP contribution in [-0.4, -0.2) is 12.6 Å². The molecular formula is C12H17NO2. The lowest BCUT2D eigenvalue weighted by molar-refractivity contribution is -0.153. The van der Waals surface area contributed by atoms with Gasteiger partial charge in [-0.15, -0.1) is 0 Å². The first-order chi connectivity index (χ1) is 7.15. The molecule has 0 aromatic carbocycles. The van der Waals surface area contributed by atoms with Gasteiger partial charge < -0.3 is 4.74 Å². The Bertz CT molecular complexity index is 303. The van der Waals surface area contributed by atoms with E-state index in [4.69, 9.17) is 10.00 Å².